The maximum atomic E-state index is 2.49. The van der Waals surface area contributed by atoms with Crippen LogP contribution in [0.1, 0.15) is 33.4 Å². The van der Waals surface area contributed by atoms with E-state index in [4.69, 9.17) is 0 Å². The summed E-state index contributed by atoms with van der Waals surface area (Å²) in [5.74, 6) is 0. The smallest absolute Gasteiger partial charge is 0.0726 e. The van der Waals surface area contributed by atoms with Gasteiger partial charge < -0.3 is 4.90 Å². The van der Waals surface area contributed by atoms with Gasteiger partial charge in [0.2, 0.25) is 0 Å². The van der Waals surface area contributed by atoms with Gasteiger partial charge in [-0.15, -0.1) is 0 Å². The Morgan fingerprint density at radius 2 is 0.731 bits per heavy atom. The van der Waals surface area contributed by atoms with Crippen LogP contribution < -0.4 is 4.90 Å². The third-order valence-electron chi connectivity index (χ3n) is 11.3. The Balaban J connectivity index is 1.22. The quantitative estimate of drug-likeness (QED) is 0.177. The SMILES string of the molecule is Cc1cc(-c2ccccc2)cc(C)c1N(c1ccc(-c2ccccc2)cc1)c1ccc2c(c1)C1(c3ccccc3-c3ccccc31)c1ccccc1-2. The van der Waals surface area contributed by atoms with E-state index in [1.165, 1.54) is 83.6 Å². The number of rotatable bonds is 5. The van der Waals surface area contributed by atoms with Crippen molar-refractivity contribution in [1.29, 1.82) is 0 Å². The molecule has 0 fully saturated rings. The first-order valence-electron chi connectivity index (χ1n) is 18.2. The standard InChI is InChI=1S/C51H37N/c1-34-31-39(37-17-7-4-8-18-37)32-35(2)50(34)52(40-27-25-38(26-28-40)36-15-5-3-6-16-36)41-29-30-45-44-21-11-14-24-48(44)51(49(45)33-41)46-22-12-9-19-42(46)43-20-10-13-23-47(43)51/h3-33H,1-2H3. The second-order valence-electron chi connectivity index (χ2n) is 14.2. The van der Waals surface area contributed by atoms with E-state index >= 15 is 0 Å². The Labute approximate surface area is 306 Å². The summed E-state index contributed by atoms with van der Waals surface area (Å²) in [6, 6.07) is 69.4. The number of hydrogen-bond donors (Lipinski definition) is 0. The van der Waals surface area contributed by atoms with Crippen LogP contribution in [-0.2, 0) is 5.41 Å². The highest BCUT2D eigenvalue weighted by molar-refractivity contribution is 5.96. The Morgan fingerprint density at radius 3 is 1.25 bits per heavy atom. The van der Waals surface area contributed by atoms with Crippen LogP contribution in [0.25, 0.3) is 44.5 Å². The van der Waals surface area contributed by atoms with Crippen LogP contribution in [0.15, 0.2) is 188 Å². The van der Waals surface area contributed by atoms with Crippen LogP contribution in [0.3, 0.4) is 0 Å². The monoisotopic (exact) mass is 663 g/mol. The molecule has 0 heterocycles. The fourth-order valence-electron chi connectivity index (χ4n) is 9.17. The molecule has 0 saturated heterocycles. The van der Waals surface area contributed by atoms with Gasteiger partial charge in [0.1, 0.15) is 0 Å². The lowest BCUT2D eigenvalue weighted by Crippen LogP contribution is -2.26. The highest BCUT2D eigenvalue weighted by Gasteiger charge is 2.51. The Kier molecular flexibility index (Phi) is 6.91. The van der Waals surface area contributed by atoms with Gasteiger partial charge in [-0.25, -0.2) is 0 Å². The Morgan fingerprint density at radius 1 is 0.327 bits per heavy atom. The van der Waals surface area contributed by atoms with E-state index in [2.05, 4.69) is 207 Å². The molecule has 0 aliphatic heterocycles. The van der Waals surface area contributed by atoms with Gasteiger partial charge >= 0.3 is 0 Å². The van der Waals surface area contributed by atoms with Gasteiger partial charge in [0.25, 0.3) is 0 Å². The normalized spacial score (nSPS) is 13.0. The molecule has 10 rings (SSSR count). The number of hydrogen-bond acceptors (Lipinski definition) is 1. The molecular weight excluding hydrogens is 627 g/mol. The summed E-state index contributed by atoms with van der Waals surface area (Å²) in [4.78, 5) is 2.48. The molecule has 52 heavy (non-hydrogen) atoms. The van der Waals surface area contributed by atoms with Gasteiger partial charge in [-0.2, -0.15) is 0 Å². The van der Waals surface area contributed by atoms with Crippen LogP contribution in [0.4, 0.5) is 17.1 Å². The van der Waals surface area contributed by atoms with Gasteiger partial charge in [-0.3, -0.25) is 0 Å². The molecule has 0 aromatic heterocycles. The van der Waals surface area contributed by atoms with E-state index < -0.39 is 5.41 Å². The minimum atomic E-state index is -0.404. The van der Waals surface area contributed by atoms with Gasteiger partial charge in [-0.05, 0) is 128 Å². The first-order chi connectivity index (χ1) is 25.6. The molecule has 2 aliphatic carbocycles. The summed E-state index contributed by atoms with van der Waals surface area (Å²) in [6.45, 7) is 4.52. The predicted octanol–water partition coefficient (Wildman–Crippen LogP) is 13.5. The molecule has 2 aliphatic rings. The number of nitrogens with zero attached hydrogens (tertiary/aromatic N) is 1. The molecule has 0 amide bonds. The molecule has 0 N–H and O–H groups in total. The van der Waals surface area contributed by atoms with Crippen LogP contribution >= 0.6 is 0 Å². The fraction of sp³-hybridized carbons (Fsp3) is 0.0588. The summed E-state index contributed by atoms with van der Waals surface area (Å²) in [5, 5.41) is 0. The molecule has 1 spiro atoms. The lowest BCUT2D eigenvalue weighted by molar-refractivity contribution is 0.793. The zero-order valence-corrected chi connectivity index (χ0v) is 29.3. The van der Waals surface area contributed by atoms with Crippen molar-refractivity contribution in [3.05, 3.63) is 221 Å². The molecular formula is C51H37N. The Bertz CT molecular complexity index is 2550. The molecule has 0 unspecified atom stereocenters. The molecule has 0 radical (unpaired) electrons. The molecule has 1 nitrogen and oxygen atoms in total. The third-order valence-corrected chi connectivity index (χ3v) is 11.3. The second-order valence-corrected chi connectivity index (χ2v) is 14.2. The van der Waals surface area contributed by atoms with Gasteiger partial charge in [0.05, 0.1) is 11.1 Å². The fourth-order valence-corrected chi connectivity index (χ4v) is 9.17. The van der Waals surface area contributed by atoms with Gasteiger partial charge in [0.15, 0.2) is 0 Å². The lowest BCUT2D eigenvalue weighted by atomic mass is 9.70. The largest absolute Gasteiger partial charge is 0.310 e. The predicted molar refractivity (Wildman–Crippen MR) is 218 cm³/mol. The van der Waals surface area contributed by atoms with Crippen molar-refractivity contribution in [2.45, 2.75) is 19.3 Å². The summed E-state index contributed by atoms with van der Waals surface area (Å²) >= 11 is 0. The topological polar surface area (TPSA) is 3.24 Å². The summed E-state index contributed by atoms with van der Waals surface area (Å²) < 4.78 is 0. The van der Waals surface area contributed by atoms with Crippen molar-refractivity contribution >= 4 is 17.1 Å². The van der Waals surface area contributed by atoms with Crippen LogP contribution in [0, 0.1) is 13.8 Å². The van der Waals surface area contributed by atoms with Crippen LogP contribution in [-0.4, -0.2) is 0 Å². The van der Waals surface area contributed by atoms with Crippen molar-refractivity contribution in [2.75, 3.05) is 4.90 Å². The number of aryl methyl sites for hydroxylation is 2. The van der Waals surface area contributed by atoms with Crippen molar-refractivity contribution < 1.29 is 0 Å². The zero-order valence-electron chi connectivity index (χ0n) is 29.3. The van der Waals surface area contributed by atoms with E-state index in [9.17, 15) is 0 Å². The minimum Gasteiger partial charge on any atom is -0.310 e. The second kappa shape index (κ2) is 11.8. The molecule has 8 aromatic rings. The van der Waals surface area contributed by atoms with E-state index in [0.717, 1.165) is 11.4 Å². The highest BCUT2D eigenvalue weighted by Crippen LogP contribution is 2.63. The van der Waals surface area contributed by atoms with Gasteiger partial charge in [-0.1, -0.05) is 152 Å². The van der Waals surface area contributed by atoms with E-state index in [-0.39, 0.29) is 0 Å². The number of benzene rings is 8. The average molecular weight is 664 g/mol. The maximum absolute atomic E-state index is 2.49. The highest BCUT2D eigenvalue weighted by atomic mass is 15.1. The molecule has 0 bridgehead atoms. The van der Waals surface area contributed by atoms with E-state index in [1.807, 2.05) is 0 Å². The Hall–Kier alpha value is -6.44. The maximum Gasteiger partial charge on any atom is 0.0726 e. The molecule has 0 saturated carbocycles. The van der Waals surface area contributed by atoms with Crippen molar-refractivity contribution in [1.82, 2.24) is 0 Å². The van der Waals surface area contributed by atoms with Gasteiger partial charge in [0, 0.05) is 11.4 Å². The first kappa shape index (κ1) is 30.4. The van der Waals surface area contributed by atoms with Crippen molar-refractivity contribution in [3.8, 4) is 44.5 Å². The zero-order chi connectivity index (χ0) is 34.8. The van der Waals surface area contributed by atoms with E-state index in [1.54, 1.807) is 0 Å². The molecule has 0 atom stereocenters. The number of fused-ring (bicyclic) bond motifs is 10. The van der Waals surface area contributed by atoms with Crippen molar-refractivity contribution in [3.63, 3.8) is 0 Å². The minimum absolute atomic E-state index is 0.404. The summed E-state index contributed by atoms with van der Waals surface area (Å²) in [6.07, 6.45) is 0. The van der Waals surface area contributed by atoms with Crippen LogP contribution in [0.2, 0.25) is 0 Å². The van der Waals surface area contributed by atoms with Crippen molar-refractivity contribution in [2.24, 2.45) is 0 Å². The molecule has 8 aromatic carbocycles. The summed E-state index contributed by atoms with van der Waals surface area (Å²) in [7, 11) is 0. The lowest BCUT2D eigenvalue weighted by Gasteiger charge is -2.33. The molecule has 246 valence electrons. The van der Waals surface area contributed by atoms with Crippen LogP contribution in [0.5, 0.6) is 0 Å². The van der Waals surface area contributed by atoms with E-state index in [0.29, 0.717) is 0 Å². The number of anilines is 3. The summed E-state index contributed by atoms with van der Waals surface area (Å²) in [5.41, 5.74) is 21.1. The molecule has 1 heteroatoms. The third kappa shape index (κ3) is 4.42. The average Bonchev–Trinajstić information content (AvgIpc) is 3.67. The first-order valence-corrected chi connectivity index (χ1v) is 18.2.